The van der Waals surface area contributed by atoms with Gasteiger partial charge in [-0.25, -0.2) is 0 Å². The van der Waals surface area contributed by atoms with E-state index in [4.69, 9.17) is 5.73 Å². The number of hydrogen-bond acceptors (Lipinski definition) is 2. The first-order valence-corrected chi connectivity index (χ1v) is 4.32. The van der Waals surface area contributed by atoms with E-state index in [-0.39, 0.29) is 0 Å². The highest BCUT2D eigenvalue weighted by Gasteiger charge is 1.85. The van der Waals surface area contributed by atoms with Gasteiger partial charge in [0, 0.05) is 0 Å². The molecule has 62 valence electrons. The first-order valence-electron chi connectivity index (χ1n) is 4.32. The van der Waals surface area contributed by atoms with Crippen molar-refractivity contribution in [2.75, 3.05) is 19.6 Å². The molecule has 0 heterocycles. The molecular formula is C8H20N2. The minimum absolute atomic E-state index is 0.806. The molecule has 0 aliphatic heterocycles. The summed E-state index contributed by atoms with van der Waals surface area (Å²) in [6, 6.07) is 0. The fraction of sp³-hybridized carbons (Fsp3) is 1.00. The number of hydrogen-bond donors (Lipinski definition) is 2. The topological polar surface area (TPSA) is 38.0 Å². The predicted molar refractivity (Wildman–Crippen MR) is 46.1 cm³/mol. The van der Waals surface area contributed by atoms with Gasteiger partial charge in [0.1, 0.15) is 0 Å². The zero-order chi connectivity index (χ0) is 7.66. The highest BCUT2D eigenvalue weighted by Crippen LogP contribution is 1.90. The molecule has 0 aliphatic rings. The van der Waals surface area contributed by atoms with Crippen LogP contribution in [0.4, 0.5) is 0 Å². The number of unbranched alkanes of at least 4 members (excludes halogenated alkanes) is 2. The maximum absolute atomic E-state index is 5.33. The van der Waals surface area contributed by atoms with E-state index in [0.717, 1.165) is 26.1 Å². The second-order valence-electron chi connectivity index (χ2n) is 2.60. The molecule has 0 rings (SSSR count). The Balaban J connectivity index is 2.65. The first kappa shape index (κ1) is 9.92. The lowest BCUT2D eigenvalue weighted by atomic mass is 10.2. The van der Waals surface area contributed by atoms with Crippen LogP contribution < -0.4 is 11.1 Å². The lowest BCUT2D eigenvalue weighted by Crippen LogP contribution is -2.19. The van der Waals surface area contributed by atoms with Gasteiger partial charge in [-0.2, -0.15) is 0 Å². The molecule has 2 heteroatoms. The van der Waals surface area contributed by atoms with Gasteiger partial charge in [-0.3, -0.25) is 0 Å². The van der Waals surface area contributed by atoms with Crippen molar-refractivity contribution in [3.8, 4) is 0 Å². The molecule has 0 saturated heterocycles. The third kappa shape index (κ3) is 7.92. The molecule has 2 nitrogen and oxygen atoms in total. The van der Waals surface area contributed by atoms with Gasteiger partial charge >= 0.3 is 0 Å². The van der Waals surface area contributed by atoms with E-state index in [1.165, 1.54) is 19.3 Å². The fourth-order valence-corrected chi connectivity index (χ4v) is 0.852. The van der Waals surface area contributed by atoms with Crippen LogP contribution in [0.5, 0.6) is 0 Å². The predicted octanol–water partition coefficient (Wildman–Crippen LogP) is 1.11. The molecule has 0 saturated carbocycles. The van der Waals surface area contributed by atoms with E-state index >= 15 is 0 Å². The molecule has 0 bridgehead atoms. The van der Waals surface area contributed by atoms with E-state index in [1.54, 1.807) is 0 Å². The van der Waals surface area contributed by atoms with Gasteiger partial charge in [-0.05, 0) is 32.5 Å². The lowest BCUT2D eigenvalue weighted by Gasteiger charge is -2.01. The molecule has 0 atom stereocenters. The van der Waals surface area contributed by atoms with Crippen LogP contribution in [0.2, 0.25) is 0 Å². The van der Waals surface area contributed by atoms with E-state index in [0.29, 0.717) is 0 Å². The van der Waals surface area contributed by atoms with Crippen molar-refractivity contribution in [1.82, 2.24) is 5.32 Å². The van der Waals surface area contributed by atoms with Crippen LogP contribution in [0.15, 0.2) is 0 Å². The molecule has 0 spiro atoms. The fourth-order valence-electron chi connectivity index (χ4n) is 0.852. The van der Waals surface area contributed by atoms with Crippen molar-refractivity contribution in [1.29, 1.82) is 0 Å². The van der Waals surface area contributed by atoms with E-state index in [2.05, 4.69) is 12.2 Å². The summed E-state index contributed by atoms with van der Waals surface area (Å²) >= 11 is 0. The zero-order valence-corrected chi connectivity index (χ0v) is 7.03. The summed E-state index contributed by atoms with van der Waals surface area (Å²) in [6.07, 6.45) is 5.06. The van der Waals surface area contributed by atoms with Crippen molar-refractivity contribution in [2.24, 2.45) is 5.73 Å². The lowest BCUT2D eigenvalue weighted by molar-refractivity contribution is 0.602. The van der Waals surface area contributed by atoms with Crippen LogP contribution in [0.3, 0.4) is 0 Å². The smallest absolute Gasteiger partial charge is 0.00369 e. The van der Waals surface area contributed by atoms with Crippen LogP contribution in [-0.2, 0) is 0 Å². The minimum Gasteiger partial charge on any atom is -0.330 e. The van der Waals surface area contributed by atoms with Gasteiger partial charge < -0.3 is 11.1 Å². The van der Waals surface area contributed by atoms with Crippen LogP contribution >= 0.6 is 0 Å². The van der Waals surface area contributed by atoms with E-state index < -0.39 is 0 Å². The molecule has 0 aromatic carbocycles. The van der Waals surface area contributed by atoms with Crippen LogP contribution in [0.1, 0.15) is 32.6 Å². The SMILES string of the molecule is CCCCCNCCCN. The number of nitrogens with one attached hydrogen (secondary N) is 1. The minimum atomic E-state index is 0.806. The molecule has 3 N–H and O–H groups in total. The second-order valence-corrected chi connectivity index (χ2v) is 2.60. The van der Waals surface area contributed by atoms with Gasteiger partial charge in [0.25, 0.3) is 0 Å². The monoisotopic (exact) mass is 144 g/mol. The molecule has 0 radical (unpaired) electrons. The Morgan fingerprint density at radius 2 is 1.80 bits per heavy atom. The summed E-state index contributed by atoms with van der Waals surface area (Å²) < 4.78 is 0. The maximum atomic E-state index is 5.33. The van der Waals surface area contributed by atoms with Crippen molar-refractivity contribution < 1.29 is 0 Å². The Kier molecular flexibility index (Phi) is 8.85. The van der Waals surface area contributed by atoms with Gasteiger partial charge in [0.15, 0.2) is 0 Å². The summed E-state index contributed by atoms with van der Waals surface area (Å²) in [5.74, 6) is 0. The summed E-state index contributed by atoms with van der Waals surface area (Å²) in [5, 5.41) is 3.34. The second kappa shape index (κ2) is 8.92. The third-order valence-corrected chi connectivity index (χ3v) is 1.51. The van der Waals surface area contributed by atoms with Gasteiger partial charge in [-0.15, -0.1) is 0 Å². The normalized spacial score (nSPS) is 10.2. The Labute approximate surface area is 64.2 Å². The van der Waals surface area contributed by atoms with E-state index in [9.17, 15) is 0 Å². The first-order chi connectivity index (χ1) is 4.91. The molecule has 0 aromatic rings. The van der Waals surface area contributed by atoms with Gasteiger partial charge in [0.05, 0.1) is 0 Å². The van der Waals surface area contributed by atoms with Crippen LogP contribution in [0, 0.1) is 0 Å². The van der Waals surface area contributed by atoms with Crippen LogP contribution in [-0.4, -0.2) is 19.6 Å². The van der Waals surface area contributed by atoms with Crippen LogP contribution in [0.25, 0.3) is 0 Å². The molecule has 0 aliphatic carbocycles. The Morgan fingerprint density at radius 3 is 2.40 bits per heavy atom. The average Bonchev–Trinajstić information content (AvgIpc) is 1.97. The van der Waals surface area contributed by atoms with Gasteiger partial charge in [0.2, 0.25) is 0 Å². The summed E-state index contributed by atoms with van der Waals surface area (Å²) in [7, 11) is 0. The van der Waals surface area contributed by atoms with Gasteiger partial charge in [-0.1, -0.05) is 19.8 Å². The van der Waals surface area contributed by atoms with Crippen molar-refractivity contribution in [3.63, 3.8) is 0 Å². The van der Waals surface area contributed by atoms with E-state index in [1.807, 2.05) is 0 Å². The molecule has 0 aromatic heterocycles. The summed E-state index contributed by atoms with van der Waals surface area (Å²) in [6.45, 7) is 5.27. The number of rotatable bonds is 7. The quantitative estimate of drug-likeness (QED) is 0.525. The third-order valence-electron chi connectivity index (χ3n) is 1.51. The highest BCUT2D eigenvalue weighted by molar-refractivity contribution is 4.48. The van der Waals surface area contributed by atoms with Crippen molar-refractivity contribution in [2.45, 2.75) is 32.6 Å². The molecule has 0 unspecified atom stereocenters. The van der Waals surface area contributed by atoms with Crippen molar-refractivity contribution >= 4 is 0 Å². The largest absolute Gasteiger partial charge is 0.330 e. The highest BCUT2D eigenvalue weighted by atomic mass is 14.8. The average molecular weight is 144 g/mol. The van der Waals surface area contributed by atoms with Crippen molar-refractivity contribution in [3.05, 3.63) is 0 Å². The molecular weight excluding hydrogens is 124 g/mol. The molecule has 10 heavy (non-hydrogen) atoms. The standard InChI is InChI=1S/C8H20N2/c1-2-3-4-7-10-8-5-6-9/h10H,2-9H2,1H3. The Morgan fingerprint density at radius 1 is 1.10 bits per heavy atom. The Hall–Kier alpha value is -0.0800. The molecule has 0 amide bonds. The Bertz CT molecular complexity index is 47.2. The summed E-state index contributed by atoms with van der Waals surface area (Å²) in [5.41, 5.74) is 5.33. The number of nitrogens with two attached hydrogens (primary N) is 1. The zero-order valence-electron chi connectivity index (χ0n) is 7.03. The maximum Gasteiger partial charge on any atom is -0.00369 e. The summed E-state index contributed by atoms with van der Waals surface area (Å²) in [4.78, 5) is 0. The molecule has 0 fully saturated rings.